The molecule has 0 bridgehead atoms. The van der Waals surface area contributed by atoms with Crippen LogP contribution in [0.5, 0.6) is 0 Å². The SMILES string of the molecule is CC(C)c1cccc(C(C)C)c1N1CCN(c2c(C(C)C)cccc2C(C)C)[PH+]1[O-]. The Hall–Kier alpha value is -1.57. The zero-order chi connectivity index (χ0) is 22.2. The molecule has 2 aromatic rings. The molecule has 1 heterocycles. The van der Waals surface area contributed by atoms with E-state index in [9.17, 15) is 4.89 Å². The van der Waals surface area contributed by atoms with Crippen molar-refractivity contribution in [1.29, 1.82) is 0 Å². The molecular weight excluding hydrogens is 387 g/mol. The van der Waals surface area contributed by atoms with Crippen LogP contribution in [0.4, 0.5) is 11.4 Å². The second-order valence-corrected chi connectivity index (χ2v) is 11.4. The second kappa shape index (κ2) is 9.28. The van der Waals surface area contributed by atoms with Crippen LogP contribution >= 0.6 is 8.45 Å². The lowest BCUT2D eigenvalue weighted by atomic mass is 9.92. The van der Waals surface area contributed by atoms with Gasteiger partial charge in [0.25, 0.3) is 0 Å². The Morgan fingerprint density at radius 3 is 1.10 bits per heavy atom. The molecule has 0 saturated carbocycles. The van der Waals surface area contributed by atoms with Crippen molar-refractivity contribution < 1.29 is 4.89 Å². The predicted molar refractivity (Wildman–Crippen MR) is 132 cm³/mol. The second-order valence-electron chi connectivity index (χ2n) is 9.77. The van der Waals surface area contributed by atoms with Crippen LogP contribution in [0, 0.1) is 0 Å². The fourth-order valence-corrected chi connectivity index (χ4v) is 6.37. The molecule has 0 aliphatic carbocycles. The van der Waals surface area contributed by atoms with Gasteiger partial charge in [0.05, 0.1) is 24.5 Å². The Bertz CT molecular complexity index is 751. The zero-order valence-corrected chi connectivity index (χ0v) is 21.0. The van der Waals surface area contributed by atoms with Gasteiger partial charge in [-0.1, -0.05) is 91.8 Å². The summed E-state index contributed by atoms with van der Waals surface area (Å²) >= 11 is 0. The molecular formula is C26H39N2OP. The zero-order valence-electron chi connectivity index (χ0n) is 20.0. The van der Waals surface area contributed by atoms with Gasteiger partial charge in [-0.25, -0.2) is 9.34 Å². The monoisotopic (exact) mass is 426 g/mol. The molecule has 2 aromatic carbocycles. The van der Waals surface area contributed by atoms with E-state index in [1.54, 1.807) is 0 Å². The average molecular weight is 427 g/mol. The maximum Gasteiger partial charge on any atom is 0.140 e. The van der Waals surface area contributed by atoms with E-state index in [0.717, 1.165) is 13.1 Å². The first-order chi connectivity index (χ1) is 14.1. The lowest BCUT2D eigenvalue weighted by molar-refractivity contribution is -0.159. The van der Waals surface area contributed by atoms with Gasteiger partial charge in [-0.15, -0.1) is 0 Å². The number of hydrogen-bond donors (Lipinski definition) is 0. The van der Waals surface area contributed by atoms with E-state index in [0.29, 0.717) is 23.7 Å². The van der Waals surface area contributed by atoms with Gasteiger partial charge in [-0.3, -0.25) is 0 Å². The van der Waals surface area contributed by atoms with Crippen LogP contribution < -0.4 is 14.2 Å². The van der Waals surface area contributed by atoms with Gasteiger partial charge in [-0.2, -0.15) is 0 Å². The Balaban J connectivity index is 2.11. The summed E-state index contributed by atoms with van der Waals surface area (Å²) in [4.78, 5) is 14.0. The highest BCUT2D eigenvalue weighted by atomic mass is 31.2. The molecule has 3 rings (SSSR count). The number of anilines is 2. The highest BCUT2D eigenvalue weighted by Gasteiger charge is 2.38. The summed E-state index contributed by atoms with van der Waals surface area (Å²) in [5.41, 5.74) is 7.65. The predicted octanol–water partition coefficient (Wildman–Crippen LogP) is 6.83. The lowest BCUT2D eigenvalue weighted by Crippen LogP contribution is -2.26. The molecule has 30 heavy (non-hydrogen) atoms. The molecule has 0 amide bonds. The van der Waals surface area contributed by atoms with Gasteiger partial charge < -0.3 is 4.89 Å². The average Bonchev–Trinajstić information content (AvgIpc) is 3.07. The fourth-order valence-electron chi connectivity index (χ4n) is 4.60. The molecule has 0 N–H and O–H groups in total. The van der Waals surface area contributed by atoms with Crippen LogP contribution in [0.25, 0.3) is 0 Å². The summed E-state index contributed by atoms with van der Waals surface area (Å²) in [5.74, 6) is 1.60. The van der Waals surface area contributed by atoms with E-state index >= 15 is 0 Å². The summed E-state index contributed by atoms with van der Waals surface area (Å²) in [6.45, 7) is 19.5. The van der Waals surface area contributed by atoms with Crippen LogP contribution in [0.2, 0.25) is 0 Å². The summed E-state index contributed by atoms with van der Waals surface area (Å²) in [6.07, 6.45) is 0. The molecule has 1 aliphatic rings. The first kappa shape index (κ1) is 23.1. The largest absolute Gasteiger partial charge is 0.644 e. The Labute approximate surface area is 185 Å². The van der Waals surface area contributed by atoms with Crippen molar-refractivity contribution in [2.24, 2.45) is 0 Å². The van der Waals surface area contributed by atoms with Crippen molar-refractivity contribution in [2.75, 3.05) is 22.4 Å². The van der Waals surface area contributed by atoms with Gasteiger partial charge in [0, 0.05) is 0 Å². The number of para-hydroxylation sites is 2. The lowest BCUT2D eigenvalue weighted by Gasteiger charge is -2.33. The molecule has 3 nitrogen and oxygen atoms in total. The molecule has 0 unspecified atom stereocenters. The van der Waals surface area contributed by atoms with Gasteiger partial charge in [0.15, 0.2) is 0 Å². The topological polar surface area (TPSA) is 29.5 Å². The first-order valence-electron chi connectivity index (χ1n) is 11.5. The van der Waals surface area contributed by atoms with Crippen LogP contribution in [0.1, 0.15) is 101 Å². The number of nitrogens with zero attached hydrogens (tertiary/aromatic N) is 2. The molecule has 1 aliphatic heterocycles. The molecule has 4 heteroatoms. The highest BCUT2D eigenvalue weighted by Crippen LogP contribution is 2.53. The van der Waals surface area contributed by atoms with Crippen molar-refractivity contribution in [1.82, 2.24) is 0 Å². The molecule has 0 spiro atoms. The van der Waals surface area contributed by atoms with Crippen molar-refractivity contribution in [3.05, 3.63) is 58.7 Å². The summed E-state index contributed by atoms with van der Waals surface area (Å²) in [6, 6.07) is 13.2. The van der Waals surface area contributed by atoms with E-state index in [1.807, 2.05) is 0 Å². The molecule has 1 fully saturated rings. The van der Waals surface area contributed by atoms with Crippen LogP contribution in [-0.2, 0) is 0 Å². The highest BCUT2D eigenvalue weighted by molar-refractivity contribution is 7.54. The maximum atomic E-state index is 14.0. The van der Waals surface area contributed by atoms with Gasteiger partial charge in [0.1, 0.15) is 8.45 Å². The van der Waals surface area contributed by atoms with Crippen molar-refractivity contribution >= 4 is 19.8 Å². The Morgan fingerprint density at radius 1 is 0.600 bits per heavy atom. The number of benzene rings is 2. The van der Waals surface area contributed by atoms with Crippen molar-refractivity contribution in [2.45, 2.75) is 79.1 Å². The minimum atomic E-state index is -2.14. The van der Waals surface area contributed by atoms with Crippen LogP contribution in [-0.4, -0.2) is 13.1 Å². The van der Waals surface area contributed by atoms with E-state index in [4.69, 9.17) is 0 Å². The first-order valence-corrected chi connectivity index (χ1v) is 12.8. The third kappa shape index (κ3) is 4.25. The minimum Gasteiger partial charge on any atom is -0.644 e. The summed E-state index contributed by atoms with van der Waals surface area (Å²) < 4.78 is 4.44. The van der Waals surface area contributed by atoms with Crippen molar-refractivity contribution in [3.63, 3.8) is 0 Å². The molecule has 1 saturated heterocycles. The standard InChI is InChI=1S/C26H39N2OP/c1-17(2)21-11-9-12-22(18(3)4)25(21)27-15-16-28(30(27)29)26-23(19(5)6)13-10-14-24(26)20(7)8/h9-14,17-20,30H,15-16H2,1-8H3. The normalized spacial score (nSPS) is 15.5. The Kier molecular flexibility index (Phi) is 7.15. The van der Waals surface area contributed by atoms with E-state index < -0.39 is 8.45 Å². The number of rotatable bonds is 6. The number of hydrogen-bond acceptors (Lipinski definition) is 3. The molecule has 0 atom stereocenters. The quantitative estimate of drug-likeness (QED) is 0.474. The minimum absolute atomic E-state index is 0.400. The smallest absolute Gasteiger partial charge is 0.140 e. The van der Waals surface area contributed by atoms with Gasteiger partial charge >= 0.3 is 0 Å². The van der Waals surface area contributed by atoms with Crippen molar-refractivity contribution in [3.8, 4) is 0 Å². The van der Waals surface area contributed by atoms with Crippen LogP contribution in [0.15, 0.2) is 36.4 Å². The maximum absolute atomic E-state index is 14.0. The van der Waals surface area contributed by atoms with E-state index in [1.165, 1.54) is 33.6 Å². The Morgan fingerprint density at radius 2 is 0.867 bits per heavy atom. The van der Waals surface area contributed by atoms with E-state index in [2.05, 4.69) is 101 Å². The third-order valence-corrected chi connectivity index (χ3v) is 8.05. The van der Waals surface area contributed by atoms with Crippen LogP contribution in [0.3, 0.4) is 0 Å². The summed E-state index contributed by atoms with van der Waals surface area (Å²) in [5, 5.41) is 0. The third-order valence-electron chi connectivity index (χ3n) is 6.23. The fraction of sp³-hybridized carbons (Fsp3) is 0.538. The molecule has 0 aromatic heterocycles. The molecule has 0 radical (unpaired) electrons. The van der Waals surface area contributed by atoms with E-state index in [-0.39, 0.29) is 0 Å². The summed E-state index contributed by atoms with van der Waals surface area (Å²) in [7, 11) is -2.14. The van der Waals surface area contributed by atoms with Gasteiger partial charge in [-0.05, 0) is 45.9 Å². The molecule has 164 valence electrons. The van der Waals surface area contributed by atoms with Gasteiger partial charge in [0.2, 0.25) is 0 Å².